The van der Waals surface area contributed by atoms with Crippen molar-refractivity contribution < 1.29 is 4.84 Å². The zero-order chi connectivity index (χ0) is 18.4. The lowest BCUT2D eigenvalue weighted by atomic mass is 10.1. The molecule has 0 saturated heterocycles. The quantitative estimate of drug-likeness (QED) is 0.372. The van der Waals surface area contributed by atoms with Crippen molar-refractivity contribution in [2.24, 2.45) is 12.2 Å². The third-order valence-corrected chi connectivity index (χ3v) is 3.95. The van der Waals surface area contributed by atoms with Gasteiger partial charge in [0.25, 0.3) is 0 Å². The van der Waals surface area contributed by atoms with Gasteiger partial charge in [0.2, 0.25) is 0 Å². The molecular weight excluding hydrogens is 338 g/mol. The number of benzene rings is 1. The van der Waals surface area contributed by atoms with Gasteiger partial charge in [0, 0.05) is 12.6 Å². The standard InChI is InChI=1S/C17H21N5O2S/c1-12(11-25)8-9-14(3)18-24-10-15-13(2)6-5-7-16(15)22-17(23)21(4)19-20-22/h5-9,11,25H,10H2,1-4H3/b9-8+,12-11+,18-14-. The zero-order valence-corrected chi connectivity index (χ0v) is 15.6. The van der Waals surface area contributed by atoms with Crippen molar-refractivity contribution in [2.45, 2.75) is 27.4 Å². The Morgan fingerprint density at radius 2 is 2.08 bits per heavy atom. The second kappa shape index (κ2) is 8.48. The summed E-state index contributed by atoms with van der Waals surface area (Å²) in [5.74, 6) is 0. The van der Waals surface area contributed by atoms with Crippen LogP contribution in [0, 0.1) is 6.92 Å². The molecule has 0 aliphatic rings. The fourth-order valence-electron chi connectivity index (χ4n) is 2.06. The second-order valence-electron chi connectivity index (χ2n) is 5.58. The van der Waals surface area contributed by atoms with E-state index in [0.717, 1.165) is 22.4 Å². The van der Waals surface area contributed by atoms with Crippen LogP contribution in [0.2, 0.25) is 0 Å². The van der Waals surface area contributed by atoms with Gasteiger partial charge in [-0.2, -0.15) is 22.0 Å². The van der Waals surface area contributed by atoms with Crippen molar-refractivity contribution in [3.8, 4) is 5.69 Å². The predicted octanol–water partition coefficient (Wildman–Crippen LogP) is 2.56. The molecule has 0 fully saturated rings. The van der Waals surface area contributed by atoms with Crippen molar-refractivity contribution in [3.05, 3.63) is 62.9 Å². The van der Waals surface area contributed by atoms with Crippen LogP contribution in [0.3, 0.4) is 0 Å². The van der Waals surface area contributed by atoms with Gasteiger partial charge in [0.05, 0.1) is 11.4 Å². The van der Waals surface area contributed by atoms with E-state index in [1.165, 1.54) is 9.36 Å². The van der Waals surface area contributed by atoms with Gasteiger partial charge < -0.3 is 4.84 Å². The number of aryl methyl sites for hydroxylation is 2. The van der Waals surface area contributed by atoms with Gasteiger partial charge in [-0.3, -0.25) is 0 Å². The third-order valence-electron chi connectivity index (χ3n) is 3.54. The molecule has 0 bridgehead atoms. The summed E-state index contributed by atoms with van der Waals surface area (Å²) in [6, 6.07) is 5.61. The van der Waals surface area contributed by atoms with Crippen molar-refractivity contribution in [1.29, 1.82) is 0 Å². The van der Waals surface area contributed by atoms with Gasteiger partial charge >= 0.3 is 5.69 Å². The number of oxime groups is 1. The molecule has 8 heteroatoms. The molecule has 2 rings (SSSR count). The van der Waals surface area contributed by atoms with Crippen LogP contribution < -0.4 is 5.69 Å². The molecule has 7 nitrogen and oxygen atoms in total. The molecule has 2 aromatic rings. The molecule has 0 amide bonds. The summed E-state index contributed by atoms with van der Waals surface area (Å²) in [4.78, 5) is 17.6. The first-order valence-corrected chi connectivity index (χ1v) is 8.19. The molecule has 0 radical (unpaired) electrons. The smallest absolute Gasteiger partial charge is 0.368 e. The van der Waals surface area contributed by atoms with E-state index in [-0.39, 0.29) is 12.3 Å². The Kier molecular flexibility index (Phi) is 6.35. The van der Waals surface area contributed by atoms with Gasteiger partial charge in [-0.05, 0) is 59.9 Å². The average Bonchev–Trinajstić information content (AvgIpc) is 2.93. The Bertz CT molecular complexity index is 893. The highest BCUT2D eigenvalue weighted by molar-refractivity contribution is 7.83. The average molecular weight is 359 g/mol. The Morgan fingerprint density at radius 1 is 1.32 bits per heavy atom. The van der Waals surface area contributed by atoms with Crippen molar-refractivity contribution in [1.82, 2.24) is 19.8 Å². The lowest BCUT2D eigenvalue weighted by molar-refractivity contribution is 0.130. The first-order valence-electron chi connectivity index (χ1n) is 7.67. The molecule has 0 saturated carbocycles. The van der Waals surface area contributed by atoms with E-state index in [9.17, 15) is 4.79 Å². The maximum Gasteiger partial charge on any atom is 0.368 e. The van der Waals surface area contributed by atoms with Crippen LogP contribution in [-0.4, -0.2) is 25.5 Å². The van der Waals surface area contributed by atoms with Crippen LogP contribution in [0.5, 0.6) is 0 Å². The molecule has 0 atom stereocenters. The highest BCUT2D eigenvalue weighted by Crippen LogP contribution is 2.18. The lowest BCUT2D eigenvalue weighted by Gasteiger charge is -2.10. The Labute approximate surface area is 151 Å². The second-order valence-corrected chi connectivity index (χ2v) is 5.84. The number of allylic oxidation sites excluding steroid dienone is 3. The summed E-state index contributed by atoms with van der Waals surface area (Å²) < 4.78 is 2.43. The van der Waals surface area contributed by atoms with Gasteiger partial charge in [0.1, 0.15) is 6.61 Å². The number of hydrogen-bond donors (Lipinski definition) is 1. The summed E-state index contributed by atoms with van der Waals surface area (Å²) in [5.41, 5.74) is 3.87. The molecule has 25 heavy (non-hydrogen) atoms. The first kappa shape index (κ1) is 18.7. The van der Waals surface area contributed by atoms with Crippen LogP contribution in [-0.2, 0) is 18.5 Å². The van der Waals surface area contributed by atoms with Gasteiger partial charge in [-0.25, -0.2) is 4.79 Å². The topological polar surface area (TPSA) is 74.3 Å². The van der Waals surface area contributed by atoms with Crippen LogP contribution in [0.1, 0.15) is 25.0 Å². The van der Waals surface area contributed by atoms with Crippen LogP contribution in [0.4, 0.5) is 0 Å². The van der Waals surface area contributed by atoms with Crippen LogP contribution >= 0.6 is 12.6 Å². The summed E-state index contributed by atoms with van der Waals surface area (Å²) >= 11 is 4.08. The van der Waals surface area contributed by atoms with Gasteiger partial charge in [-0.1, -0.05) is 23.4 Å². The molecular formula is C17H21N5O2S. The van der Waals surface area contributed by atoms with Gasteiger partial charge in [-0.15, -0.1) is 0 Å². The third kappa shape index (κ3) is 4.69. The summed E-state index contributed by atoms with van der Waals surface area (Å²) in [6.07, 6.45) is 3.74. The fourth-order valence-corrected chi connectivity index (χ4v) is 2.15. The lowest BCUT2D eigenvalue weighted by Crippen LogP contribution is -2.23. The van der Waals surface area contributed by atoms with E-state index in [1.54, 1.807) is 18.5 Å². The molecule has 0 N–H and O–H groups in total. The highest BCUT2D eigenvalue weighted by Gasteiger charge is 2.13. The van der Waals surface area contributed by atoms with E-state index in [4.69, 9.17) is 4.84 Å². The molecule has 0 aliphatic heterocycles. The molecule has 0 unspecified atom stereocenters. The minimum Gasteiger partial charge on any atom is -0.391 e. The predicted molar refractivity (Wildman–Crippen MR) is 101 cm³/mol. The number of hydrogen-bond acceptors (Lipinski definition) is 6. The molecule has 132 valence electrons. The maximum atomic E-state index is 12.1. The summed E-state index contributed by atoms with van der Waals surface area (Å²) in [6.45, 7) is 5.95. The Balaban J connectivity index is 2.22. The van der Waals surface area contributed by atoms with Crippen LogP contribution in [0.15, 0.2) is 51.3 Å². The largest absolute Gasteiger partial charge is 0.391 e. The summed E-state index contributed by atoms with van der Waals surface area (Å²) in [7, 11) is 1.55. The molecule has 0 spiro atoms. The van der Waals surface area contributed by atoms with E-state index < -0.39 is 0 Å². The molecule has 1 aromatic heterocycles. The van der Waals surface area contributed by atoms with Crippen molar-refractivity contribution >= 4 is 18.3 Å². The number of rotatable bonds is 6. The maximum absolute atomic E-state index is 12.1. The number of aromatic nitrogens is 4. The SMILES string of the molecule is CC(/C=C/C(C)=C/S)=N/OCc1c(C)cccc1-n1nnn(C)c1=O. The van der Waals surface area contributed by atoms with Gasteiger partial charge in [0.15, 0.2) is 0 Å². The monoisotopic (exact) mass is 359 g/mol. The minimum atomic E-state index is -0.316. The molecule has 1 aromatic carbocycles. The molecule has 0 aliphatic carbocycles. The normalized spacial score (nSPS) is 12.8. The Morgan fingerprint density at radius 3 is 2.72 bits per heavy atom. The first-order chi connectivity index (χ1) is 11.9. The van der Waals surface area contributed by atoms with Crippen molar-refractivity contribution in [3.63, 3.8) is 0 Å². The van der Waals surface area contributed by atoms with E-state index >= 15 is 0 Å². The highest BCUT2D eigenvalue weighted by atomic mass is 32.1. The van der Waals surface area contributed by atoms with E-state index in [0.29, 0.717) is 5.69 Å². The molecule has 1 heterocycles. The number of tetrazole rings is 1. The minimum absolute atomic E-state index is 0.220. The zero-order valence-electron chi connectivity index (χ0n) is 14.7. The van der Waals surface area contributed by atoms with Crippen LogP contribution in [0.25, 0.3) is 5.69 Å². The van der Waals surface area contributed by atoms with E-state index in [2.05, 4.69) is 28.2 Å². The van der Waals surface area contributed by atoms with E-state index in [1.807, 2.05) is 45.1 Å². The fraction of sp³-hybridized carbons (Fsp3) is 0.294. The van der Waals surface area contributed by atoms with Crippen molar-refractivity contribution in [2.75, 3.05) is 0 Å². The number of nitrogens with zero attached hydrogens (tertiary/aromatic N) is 5. The Hall–Kier alpha value is -2.61. The number of thiol groups is 1. The summed E-state index contributed by atoms with van der Waals surface area (Å²) in [5, 5.41) is 13.4.